The fraction of sp³-hybridized carbons (Fsp3) is 0.500. The van der Waals surface area contributed by atoms with E-state index >= 15 is 0 Å². The maximum absolute atomic E-state index is 11.9. The molecule has 0 aliphatic carbocycles. The molecule has 86 valence electrons. The predicted molar refractivity (Wildman–Crippen MR) is 61.5 cm³/mol. The van der Waals surface area contributed by atoms with Crippen LogP contribution in [0.5, 0.6) is 0 Å². The Morgan fingerprint density at radius 3 is 3.12 bits per heavy atom. The molecule has 2 heterocycles. The summed E-state index contributed by atoms with van der Waals surface area (Å²) in [7, 11) is 0. The van der Waals surface area contributed by atoms with Crippen molar-refractivity contribution in [2.24, 2.45) is 5.73 Å². The van der Waals surface area contributed by atoms with Crippen LogP contribution in [0.1, 0.15) is 24.8 Å². The quantitative estimate of drug-likeness (QED) is 0.804. The van der Waals surface area contributed by atoms with Gasteiger partial charge in [-0.15, -0.1) is 0 Å². The van der Waals surface area contributed by atoms with Crippen LogP contribution in [-0.2, 0) is 11.3 Å². The summed E-state index contributed by atoms with van der Waals surface area (Å²) in [6.45, 7) is 1.43. The summed E-state index contributed by atoms with van der Waals surface area (Å²) in [6.07, 6.45) is 6.42. The lowest BCUT2D eigenvalue weighted by Gasteiger charge is -2.22. The first-order chi connectivity index (χ1) is 7.77. The van der Waals surface area contributed by atoms with Crippen LogP contribution in [0.25, 0.3) is 0 Å². The molecule has 1 aliphatic rings. The highest BCUT2D eigenvalue weighted by molar-refractivity contribution is 5.81. The lowest BCUT2D eigenvalue weighted by molar-refractivity contribution is -0.132. The zero-order valence-electron chi connectivity index (χ0n) is 9.30. The Morgan fingerprint density at radius 1 is 1.50 bits per heavy atom. The Bertz CT molecular complexity index is 353. The van der Waals surface area contributed by atoms with Crippen LogP contribution in [0.3, 0.4) is 0 Å². The number of hydrogen-bond donors (Lipinski definition) is 1. The van der Waals surface area contributed by atoms with E-state index in [1.807, 2.05) is 17.0 Å². The highest BCUT2D eigenvalue weighted by Crippen LogP contribution is 2.13. The number of hydrogen-bond acceptors (Lipinski definition) is 3. The van der Waals surface area contributed by atoms with E-state index in [4.69, 9.17) is 5.73 Å². The molecule has 1 aliphatic heterocycles. The van der Waals surface area contributed by atoms with Crippen molar-refractivity contribution in [2.75, 3.05) is 6.54 Å². The largest absolute Gasteiger partial charge is 0.337 e. The second-order valence-electron chi connectivity index (χ2n) is 4.22. The van der Waals surface area contributed by atoms with Gasteiger partial charge in [-0.25, -0.2) is 0 Å². The van der Waals surface area contributed by atoms with E-state index in [0.717, 1.165) is 31.4 Å². The lowest BCUT2D eigenvalue weighted by atomic mass is 10.1. The molecule has 1 amide bonds. The van der Waals surface area contributed by atoms with Crippen LogP contribution in [0.4, 0.5) is 0 Å². The van der Waals surface area contributed by atoms with E-state index < -0.39 is 0 Å². The Kier molecular flexibility index (Phi) is 3.51. The molecule has 0 aromatic carbocycles. The van der Waals surface area contributed by atoms with E-state index in [1.54, 1.807) is 12.4 Å². The third-order valence-corrected chi connectivity index (χ3v) is 2.92. The number of amides is 1. The Hall–Kier alpha value is -1.42. The summed E-state index contributed by atoms with van der Waals surface area (Å²) in [4.78, 5) is 17.8. The topological polar surface area (TPSA) is 59.2 Å². The summed E-state index contributed by atoms with van der Waals surface area (Å²) >= 11 is 0. The number of nitrogens with two attached hydrogens (primary N) is 1. The van der Waals surface area contributed by atoms with Gasteiger partial charge in [0.2, 0.25) is 5.91 Å². The van der Waals surface area contributed by atoms with Gasteiger partial charge in [0.15, 0.2) is 0 Å². The molecule has 4 nitrogen and oxygen atoms in total. The van der Waals surface area contributed by atoms with Crippen LogP contribution in [-0.4, -0.2) is 28.4 Å². The standard InChI is InChI=1S/C12H17N3O/c13-11-5-1-2-7-15(12(11)16)9-10-4-3-6-14-8-10/h3-4,6,8,11H,1-2,5,7,9,13H2/t11-/m1/s1. The van der Waals surface area contributed by atoms with Gasteiger partial charge in [-0.2, -0.15) is 0 Å². The molecular formula is C12H17N3O. The van der Waals surface area contributed by atoms with Gasteiger partial charge in [0.05, 0.1) is 6.04 Å². The van der Waals surface area contributed by atoms with Gasteiger partial charge >= 0.3 is 0 Å². The second kappa shape index (κ2) is 5.07. The van der Waals surface area contributed by atoms with Crippen LogP contribution in [0.15, 0.2) is 24.5 Å². The fourth-order valence-corrected chi connectivity index (χ4v) is 2.00. The zero-order chi connectivity index (χ0) is 11.4. The van der Waals surface area contributed by atoms with Crippen molar-refractivity contribution in [3.63, 3.8) is 0 Å². The molecule has 0 saturated carbocycles. The minimum Gasteiger partial charge on any atom is -0.337 e. The molecule has 1 fully saturated rings. The third kappa shape index (κ3) is 2.58. The van der Waals surface area contributed by atoms with Crippen molar-refractivity contribution >= 4 is 5.91 Å². The first kappa shape index (κ1) is 11.1. The normalized spacial score (nSPS) is 21.9. The number of likely N-dealkylation sites (tertiary alicyclic amines) is 1. The lowest BCUT2D eigenvalue weighted by Crippen LogP contribution is -2.41. The minimum atomic E-state index is -0.320. The molecule has 2 rings (SSSR count). The van der Waals surface area contributed by atoms with Gasteiger partial charge in [-0.3, -0.25) is 9.78 Å². The summed E-state index contributed by atoms with van der Waals surface area (Å²) in [5.41, 5.74) is 6.88. The molecule has 0 spiro atoms. The van der Waals surface area contributed by atoms with Crippen molar-refractivity contribution in [3.8, 4) is 0 Å². The Morgan fingerprint density at radius 2 is 2.38 bits per heavy atom. The van der Waals surface area contributed by atoms with E-state index in [0.29, 0.717) is 6.54 Å². The number of nitrogens with zero attached hydrogens (tertiary/aromatic N) is 2. The SMILES string of the molecule is N[C@@H]1CCCCN(Cc2cccnc2)C1=O. The van der Waals surface area contributed by atoms with Crippen molar-refractivity contribution in [1.29, 1.82) is 0 Å². The zero-order valence-corrected chi connectivity index (χ0v) is 9.30. The van der Waals surface area contributed by atoms with Crippen LogP contribution in [0, 0.1) is 0 Å². The van der Waals surface area contributed by atoms with Gasteiger partial charge in [0.1, 0.15) is 0 Å². The second-order valence-corrected chi connectivity index (χ2v) is 4.22. The molecule has 1 aromatic rings. The highest BCUT2D eigenvalue weighted by atomic mass is 16.2. The van der Waals surface area contributed by atoms with Crippen molar-refractivity contribution in [2.45, 2.75) is 31.8 Å². The van der Waals surface area contributed by atoms with E-state index in [9.17, 15) is 4.79 Å². The molecule has 0 unspecified atom stereocenters. The molecule has 4 heteroatoms. The molecule has 1 atom stereocenters. The monoisotopic (exact) mass is 219 g/mol. The first-order valence-corrected chi connectivity index (χ1v) is 5.70. The Balaban J connectivity index is 2.05. The number of aromatic nitrogens is 1. The van der Waals surface area contributed by atoms with Gasteiger partial charge in [0, 0.05) is 25.5 Å². The molecule has 2 N–H and O–H groups in total. The molecule has 0 bridgehead atoms. The van der Waals surface area contributed by atoms with Gasteiger partial charge in [0.25, 0.3) is 0 Å². The number of pyridine rings is 1. The van der Waals surface area contributed by atoms with Crippen molar-refractivity contribution in [1.82, 2.24) is 9.88 Å². The maximum Gasteiger partial charge on any atom is 0.239 e. The predicted octanol–water partition coefficient (Wildman–Crippen LogP) is 0.921. The highest BCUT2D eigenvalue weighted by Gasteiger charge is 2.23. The molecule has 1 aromatic heterocycles. The third-order valence-electron chi connectivity index (χ3n) is 2.92. The smallest absolute Gasteiger partial charge is 0.239 e. The van der Waals surface area contributed by atoms with E-state index in [2.05, 4.69) is 4.98 Å². The van der Waals surface area contributed by atoms with E-state index in [1.165, 1.54) is 0 Å². The maximum atomic E-state index is 11.9. The fourth-order valence-electron chi connectivity index (χ4n) is 2.00. The minimum absolute atomic E-state index is 0.0707. The number of carbonyl (C=O) groups excluding carboxylic acids is 1. The summed E-state index contributed by atoms with van der Waals surface area (Å²) in [5, 5.41) is 0. The Labute approximate surface area is 95.5 Å². The van der Waals surface area contributed by atoms with Crippen molar-refractivity contribution < 1.29 is 4.79 Å². The molecular weight excluding hydrogens is 202 g/mol. The first-order valence-electron chi connectivity index (χ1n) is 5.70. The van der Waals surface area contributed by atoms with Gasteiger partial charge in [-0.05, 0) is 30.9 Å². The van der Waals surface area contributed by atoms with Gasteiger partial charge in [-0.1, -0.05) is 6.07 Å². The van der Waals surface area contributed by atoms with Crippen LogP contribution >= 0.6 is 0 Å². The molecule has 1 saturated heterocycles. The number of rotatable bonds is 2. The average Bonchev–Trinajstić information content (AvgIpc) is 2.46. The van der Waals surface area contributed by atoms with E-state index in [-0.39, 0.29) is 11.9 Å². The van der Waals surface area contributed by atoms with Crippen molar-refractivity contribution in [3.05, 3.63) is 30.1 Å². The average molecular weight is 219 g/mol. The van der Waals surface area contributed by atoms with Crippen LogP contribution < -0.4 is 5.73 Å². The molecule has 16 heavy (non-hydrogen) atoms. The van der Waals surface area contributed by atoms with Gasteiger partial charge < -0.3 is 10.6 Å². The summed E-state index contributed by atoms with van der Waals surface area (Å²) in [6, 6.07) is 3.55. The summed E-state index contributed by atoms with van der Waals surface area (Å²) < 4.78 is 0. The number of carbonyl (C=O) groups is 1. The summed E-state index contributed by atoms with van der Waals surface area (Å²) in [5.74, 6) is 0.0707. The van der Waals surface area contributed by atoms with Crippen LogP contribution in [0.2, 0.25) is 0 Å². The molecule has 0 radical (unpaired) electrons.